The number of hydrogen-bond acceptors (Lipinski definition) is 3. The van der Waals surface area contributed by atoms with E-state index in [9.17, 15) is 0 Å². The number of rotatable bonds is 3. The van der Waals surface area contributed by atoms with Crippen molar-refractivity contribution in [3.8, 4) is 0 Å². The van der Waals surface area contributed by atoms with Gasteiger partial charge < -0.3 is 14.0 Å². The van der Waals surface area contributed by atoms with Gasteiger partial charge in [-0.1, -0.05) is 23.7 Å². The van der Waals surface area contributed by atoms with E-state index < -0.39 is 5.79 Å². The van der Waals surface area contributed by atoms with Crippen molar-refractivity contribution in [1.82, 2.24) is 9.55 Å². The van der Waals surface area contributed by atoms with Crippen LogP contribution in [0, 0.1) is 6.92 Å². The number of nitrogens with zero attached hydrogens (tertiary/aromatic N) is 2. The van der Waals surface area contributed by atoms with E-state index in [1.807, 2.05) is 42.0 Å². The Hall–Kier alpha value is -1.36. The second kappa shape index (κ2) is 4.96. The first-order chi connectivity index (χ1) is 9.20. The third-order valence-electron chi connectivity index (χ3n) is 3.34. The SMILES string of the molecule is Cc1nccn1CC1(c2ccc(Cl)cc2)OCCO1. The number of imidazole rings is 1. The van der Waals surface area contributed by atoms with E-state index in [0.717, 1.165) is 11.4 Å². The number of halogens is 1. The van der Waals surface area contributed by atoms with Gasteiger partial charge in [-0.3, -0.25) is 0 Å². The fourth-order valence-corrected chi connectivity index (χ4v) is 2.43. The van der Waals surface area contributed by atoms with E-state index >= 15 is 0 Å². The van der Waals surface area contributed by atoms with Crippen LogP contribution in [0.15, 0.2) is 36.7 Å². The Kier molecular flexibility index (Phi) is 3.31. The maximum absolute atomic E-state index is 5.93. The molecule has 0 spiro atoms. The zero-order valence-corrected chi connectivity index (χ0v) is 11.4. The molecule has 1 fully saturated rings. The minimum absolute atomic E-state index is 0.584. The Morgan fingerprint density at radius 2 is 1.95 bits per heavy atom. The Bertz CT molecular complexity index is 559. The van der Waals surface area contributed by atoms with Crippen LogP contribution in [-0.4, -0.2) is 22.8 Å². The number of hydrogen-bond donors (Lipinski definition) is 0. The fourth-order valence-electron chi connectivity index (χ4n) is 2.30. The number of ether oxygens (including phenoxy) is 2. The molecule has 1 aromatic heterocycles. The largest absolute Gasteiger partial charge is 0.342 e. The summed E-state index contributed by atoms with van der Waals surface area (Å²) in [4.78, 5) is 4.23. The summed E-state index contributed by atoms with van der Waals surface area (Å²) < 4.78 is 13.8. The van der Waals surface area contributed by atoms with Crippen molar-refractivity contribution in [3.63, 3.8) is 0 Å². The molecule has 0 aliphatic carbocycles. The normalized spacial score (nSPS) is 17.8. The maximum Gasteiger partial charge on any atom is 0.213 e. The molecule has 4 nitrogen and oxygen atoms in total. The Morgan fingerprint density at radius 3 is 2.53 bits per heavy atom. The van der Waals surface area contributed by atoms with E-state index in [1.54, 1.807) is 6.20 Å². The average Bonchev–Trinajstić information content (AvgIpc) is 3.02. The van der Waals surface area contributed by atoms with Gasteiger partial charge in [-0.25, -0.2) is 4.98 Å². The van der Waals surface area contributed by atoms with Crippen molar-refractivity contribution in [2.45, 2.75) is 19.3 Å². The Balaban J connectivity index is 1.95. The van der Waals surface area contributed by atoms with E-state index in [4.69, 9.17) is 21.1 Å². The molecule has 100 valence electrons. The van der Waals surface area contributed by atoms with E-state index in [2.05, 4.69) is 4.98 Å². The van der Waals surface area contributed by atoms with Gasteiger partial charge in [0.05, 0.1) is 19.8 Å². The number of benzene rings is 1. The van der Waals surface area contributed by atoms with Gasteiger partial charge in [0, 0.05) is 23.0 Å². The summed E-state index contributed by atoms with van der Waals surface area (Å²) in [6.07, 6.45) is 3.71. The highest BCUT2D eigenvalue weighted by molar-refractivity contribution is 6.30. The van der Waals surface area contributed by atoms with Crippen LogP contribution in [0.3, 0.4) is 0 Å². The molecule has 19 heavy (non-hydrogen) atoms. The second-order valence-corrected chi connectivity index (χ2v) is 5.00. The molecule has 0 amide bonds. The Morgan fingerprint density at radius 1 is 1.26 bits per heavy atom. The highest BCUT2D eigenvalue weighted by Crippen LogP contribution is 2.34. The first kappa shape index (κ1) is 12.7. The summed E-state index contributed by atoms with van der Waals surface area (Å²) in [7, 11) is 0. The summed E-state index contributed by atoms with van der Waals surface area (Å²) in [6.45, 7) is 3.73. The summed E-state index contributed by atoms with van der Waals surface area (Å²) in [5, 5.41) is 0.704. The zero-order chi connectivity index (χ0) is 13.3. The van der Waals surface area contributed by atoms with Crippen LogP contribution in [0.1, 0.15) is 11.4 Å². The van der Waals surface area contributed by atoms with Gasteiger partial charge >= 0.3 is 0 Å². The molecule has 1 aromatic carbocycles. The highest BCUT2D eigenvalue weighted by atomic mass is 35.5. The summed E-state index contributed by atoms with van der Waals surface area (Å²) in [5.41, 5.74) is 0.975. The van der Waals surface area contributed by atoms with Crippen LogP contribution in [0.4, 0.5) is 0 Å². The summed E-state index contributed by atoms with van der Waals surface area (Å²) in [6, 6.07) is 7.59. The highest BCUT2D eigenvalue weighted by Gasteiger charge is 2.39. The van der Waals surface area contributed by atoms with Gasteiger partial charge in [-0.15, -0.1) is 0 Å². The molecule has 1 saturated heterocycles. The number of aryl methyl sites for hydroxylation is 1. The van der Waals surface area contributed by atoms with Crippen LogP contribution in [-0.2, 0) is 21.8 Å². The predicted octanol–water partition coefficient (Wildman–Crippen LogP) is 2.74. The van der Waals surface area contributed by atoms with Crippen molar-refractivity contribution in [2.24, 2.45) is 0 Å². The van der Waals surface area contributed by atoms with Gasteiger partial charge in [0.2, 0.25) is 5.79 Å². The van der Waals surface area contributed by atoms with Crippen LogP contribution in [0.2, 0.25) is 5.02 Å². The van der Waals surface area contributed by atoms with Crippen molar-refractivity contribution < 1.29 is 9.47 Å². The first-order valence-corrected chi connectivity index (χ1v) is 6.59. The smallest absolute Gasteiger partial charge is 0.213 e. The molecule has 0 saturated carbocycles. The summed E-state index contributed by atoms with van der Waals surface area (Å²) >= 11 is 5.93. The van der Waals surface area contributed by atoms with E-state index in [1.165, 1.54) is 0 Å². The van der Waals surface area contributed by atoms with Gasteiger partial charge in [0.1, 0.15) is 5.82 Å². The Labute approximate surface area is 116 Å². The molecule has 2 aromatic rings. The lowest BCUT2D eigenvalue weighted by Crippen LogP contribution is -2.33. The molecule has 1 aliphatic rings. The lowest BCUT2D eigenvalue weighted by atomic mass is 10.1. The molecule has 2 heterocycles. The molecule has 0 N–H and O–H groups in total. The lowest BCUT2D eigenvalue weighted by molar-refractivity contribution is -0.176. The monoisotopic (exact) mass is 278 g/mol. The third kappa shape index (κ3) is 2.39. The molecule has 5 heteroatoms. The van der Waals surface area contributed by atoms with E-state index in [-0.39, 0.29) is 0 Å². The standard InChI is InChI=1S/C14H15ClN2O2/c1-11-16-6-7-17(11)10-14(18-8-9-19-14)12-2-4-13(15)5-3-12/h2-7H,8-10H2,1H3. The van der Waals surface area contributed by atoms with E-state index in [0.29, 0.717) is 24.8 Å². The minimum Gasteiger partial charge on any atom is -0.342 e. The van der Waals surface area contributed by atoms with Gasteiger partial charge in [0.25, 0.3) is 0 Å². The van der Waals surface area contributed by atoms with Crippen LogP contribution < -0.4 is 0 Å². The zero-order valence-electron chi connectivity index (χ0n) is 10.7. The number of aromatic nitrogens is 2. The first-order valence-electron chi connectivity index (χ1n) is 6.21. The molecular formula is C14H15ClN2O2. The van der Waals surface area contributed by atoms with Crippen LogP contribution in [0.5, 0.6) is 0 Å². The van der Waals surface area contributed by atoms with Crippen molar-refractivity contribution in [3.05, 3.63) is 53.1 Å². The lowest BCUT2D eigenvalue weighted by Gasteiger charge is -2.28. The van der Waals surface area contributed by atoms with Gasteiger partial charge in [0.15, 0.2) is 0 Å². The van der Waals surface area contributed by atoms with Crippen molar-refractivity contribution in [1.29, 1.82) is 0 Å². The van der Waals surface area contributed by atoms with Gasteiger partial charge in [-0.05, 0) is 19.1 Å². The topological polar surface area (TPSA) is 36.3 Å². The molecule has 0 bridgehead atoms. The van der Waals surface area contributed by atoms with Crippen molar-refractivity contribution >= 4 is 11.6 Å². The predicted molar refractivity (Wildman–Crippen MR) is 72.0 cm³/mol. The molecule has 0 unspecified atom stereocenters. The quantitative estimate of drug-likeness (QED) is 0.866. The van der Waals surface area contributed by atoms with Crippen molar-refractivity contribution in [2.75, 3.05) is 13.2 Å². The molecule has 1 aliphatic heterocycles. The third-order valence-corrected chi connectivity index (χ3v) is 3.59. The second-order valence-electron chi connectivity index (χ2n) is 4.56. The molecular weight excluding hydrogens is 264 g/mol. The minimum atomic E-state index is -0.740. The average molecular weight is 279 g/mol. The molecule has 3 rings (SSSR count). The molecule has 0 radical (unpaired) electrons. The fraction of sp³-hybridized carbons (Fsp3) is 0.357. The maximum atomic E-state index is 5.93. The van der Waals surface area contributed by atoms with Crippen LogP contribution in [0.25, 0.3) is 0 Å². The van der Waals surface area contributed by atoms with Gasteiger partial charge in [-0.2, -0.15) is 0 Å². The van der Waals surface area contributed by atoms with Crippen LogP contribution >= 0.6 is 11.6 Å². The summed E-state index contributed by atoms with van der Waals surface area (Å²) in [5.74, 6) is 0.197. The molecule has 0 atom stereocenters.